The maximum Gasteiger partial charge on any atom is 0.240 e. The molecule has 1 fully saturated rings. The van der Waals surface area contributed by atoms with Crippen LogP contribution in [0.5, 0.6) is 5.88 Å². The summed E-state index contributed by atoms with van der Waals surface area (Å²) in [5, 5.41) is 9.46. The summed E-state index contributed by atoms with van der Waals surface area (Å²) in [6.45, 7) is 9.58. The maximum atomic E-state index is 6.24. The van der Waals surface area contributed by atoms with E-state index in [1.807, 2.05) is 32.0 Å². The van der Waals surface area contributed by atoms with Crippen LogP contribution in [0.1, 0.15) is 31.2 Å². The van der Waals surface area contributed by atoms with Gasteiger partial charge in [-0.1, -0.05) is 92.0 Å². The summed E-state index contributed by atoms with van der Waals surface area (Å²) in [5.41, 5.74) is 9.55. The second kappa shape index (κ2) is 17.5. The molecule has 13 heteroatoms. The van der Waals surface area contributed by atoms with E-state index in [-0.39, 0.29) is 5.95 Å². The Kier molecular flexibility index (Phi) is 14.5. The lowest BCUT2D eigenvalue weighted by Gasteiger charge is -2.14. The van der Waals surface area contributed by atoms with E-state index in [1.54, 1.807) is 25.1 Å². The first-order chi connectivity index (χ1) is 20.1. The smallest absolute Gasteiger partial charge is 0.240 e. The average molecular weight is 853 g/mol. The number of nitrogen functional groups attached to an aromatic ring is 1. The van der Waals surface area contributed by atoms with Gasteiger partial charge in [-0.25, -0.2) is 9.97 Å². The number of nitrogens with zero attached hydrogens (tertiary/aromatic N) is 6. The normalized spacial score (nSPS) is 12.6. The molecular weight excluding hydrogens is 823 g/mol. The molecule has 42 heavy (non-hydrogen) atoms. The van der Waals surface area contributed by atoms with Crippen molar-refractivity contribution in [3.63, 3.8) is 0 Å². The highest BCUT2D eigenvalue weighted by molar-refractivity contribution is 14.2. The highest BCUT2D eigenvalue weighted by Gasteiger charge is 2.13. The number of benzene rings is 2. The molecule has 0 radical (unpaired) electrons. The number of ether oxygens (including phenoxy) is 1. The van der Waals surface area contributed by atoms with Gasteiger partial charge in [-0.3, -0.25) is 4.90 Å². The Morgan fingerprint density at radius 3 is 2.29 bits per heavy atom. The van der Waals surface area contributed by atoms with Crippen LogP contribution in [0, 0.1) is 25.7 Å². The highest BCUT2D eigenvalue weighted by Crippen LogP contribution is 2.36. The lowest BCUT2D eigenvalue weighted by Crippen LogP contribution is -2.25. The first-order valence-corrected chi connectivity index (χ1v) is 16.6. The second-order valence-corrected chi connectivity index (χ2v) is 15.2. The summed E-state index contributed by atoms with van der Waals surface area (Å²) in [7, 11) is 0. The minimum absolute atomic E-state index is 0.157. The Labute approximate surface area is 288 Å². The van der Waals surface area contributed by atoms with E-state index in [0.29, 0.717) is 41.0 Å². The first kappa shape index (κ1) is 34.7. The fraction of sp³-hybridized carbons (Fsp3) is 0.345. The molecule has 0 saturated carbocycles. The number of hydrogen-bond acceptors (Lipinski definition) is 8. The summed E-state index contributed by atoms with van der Waals surface area (Å²) >= 11 is 22.8. The summed E-state index contributed by atoms with van der Waals surface area (Å²) in [5.74, 6) is 7.10. The van der Waals surface area contributed by atoms with Crippen LogP contribution in [0.2, 0.25) is 15.2 Å². The summed E-state index contributed by atoms with van der Waals surface area (Å²) in [6.07, 6.45) is 2.61. The van der Waals surface area contributed by atoms with Gasteiger partial charge >= 0.3 is 0 Å². The summed E-state index contributed by atoms with van der Waals surface area (Å²) in [6, 6.07) is 10.9. The molecule has 0 bridgehead atoms. The van der Waals surface area contributed by atoms with Crippen molar-refractivity contribution >= 4 is 97.0 Å². The van der Waals surface area contributed by atoms with Crippen molar-refractivity contribution in [2.75, 3.05) is 32.0 Å². The van der Waals surface area contributed by atoms with Gasteiger partial charge in [-0.15, -0.1) is 16.1 Å². The number of aromatic nitrogens is 5. The predicted octanol–water partition coefficient (Wildman–Crippen LogP) is 8.01. The average Bonchev–Trinajstić information content (AvgIpc) is 3.43. The number of anilines is 1. The lowest BCUT2D eigenvalue weighted by atomic mass is 10.0. The third-order valence-corrected chi connectivity index (χ3v) is 7.36. The van der Waals surface area contributed by atoms with Gasteiger partial charge in [0.25, 0.3) is 0 Å². The highest BCUT2D eigenvalue weighted by atomic mass is 127. The van der Waals surface area contributed by atoms with E-state index in [4.69, 9.17) is 45.3 Å². The molecule has 0 unspecified atom stereocenters. The molecule has 3 heterocycles. The standard InChI is InChI=1S/C14H10Cl2N4.C11H16ClN3O.C4H4I2/c1-7-5-8(12-9(15)3-2-4-10(12)16)6-11-13(7)18-14(17)20-19-11;1-9-13-10(12)8-11(14-9)16-7-6-15-4-2-3-5-15;1-2-3-4(5)6/h2-6H,1H3,(H2,17,18,20);8H,2-7H2,1H3;4H,1H3. The molecule has 2 N–H and O–H groups in total. The summed E-state index contributed by atoms with van der Waals surface area (Å²) < 4.78 is 6.03. The van der Waals surface area contributed by atoms with Crippen LogP contribution in [0.15, 0.2) is 36.4 Å². The number of hydrogen-bond donors (Lipinski definition) is 1. The van der Waals surface area contributed by atoms with Gasteiger partial charge in [0.1, 0.15) is 25.0 Å². The van der Waals surface area contributed by atoms with E-state index in [9.17, 15) is 0 Å². The number of aryl methyl sites for hydroxylation is 2. The minimum atomic E-state index is 0.157. The van der Waals surface area contributed by atoms with E-state index in [1.165, 1.54) is 25.9 Å². The number of likely N-dealkylation sites (tertiary alicyclic amines) is 1. The molecule has 2 aromatic carbocycles. The summed E-state index contributed by atoms with van der Waals surface area (Å²) in [4.78, 5) is 14.7. The SMILES string of the molecule is CC#CC(I)I.Cc1cc(-c2c(Cl)cccc2Cl)cc2nnc(N)nc12.Cc1nc(Cl)cc(OCCN2CCCC2)n1. The van der Waals surface area contributed by atoms with E-state index in [0.717, 1.165) is 28.8 Å². The number of halogens is 5. The topological polar surface area (TPSA) is 103 Å². The molecule has 1 aliphatic rings. The Balaban J connectivity index is 0.000000197. The van der Waals surface area contributed by atoms with Crippen LogP contribution in [-0.4, -0.2) is 58.2 Å². The molecule has 0 aliphatic carbocycles. The van der Waals surface area contributed by atoms with Crippen molar-refractivity contribution in [3.05, 3.63) is 63.0 Å². The van der Waals surface area contributed by atoms with Gasteiger partial charge < -0.3 is 10.5 Å². The number of fused-ring (bicyclic) bond motifs is 1. The molecule has 4 aromatic rings. The van der Waals surface area contributed by atoms with Crippen LogP contribution in [-0.2, 0) is 0 Å². The number of nitrogens with two attached hydrogens (primary N) is 1. The zero-order valence-corrected chi connectivity index (χ0v) is 29.9. The maximum absolute atomic E-state index is 6.24. The zero-order chi connectivity index (χ0) is 30.6. The van der Waals surface area contributed by atoms with Crippen LogP contribution in [0.3, 0.4) is 0 Å². The van der Waals surface area contributed by atoms with Gasteiger partial charge in [0.15, 0.2) is 0 Å². The van der Waals surface area contributed by atoms with Crippen LogP contribution in [0.4, 0.5) is 5.95 Å². The quantitative estimate of drug-likeness (QED) is 0.0934. The van der Waals surface area contributed by atoms with Crippen molar-refractivity contribution in [3.8, 4) is 28.8 Å². The number of rotatable bonds is 5. The second-order valence-electron chi connectivity index (χ2n) is 9.10. The molecule has 0 spiro atoms. The third kappa shape index (κ3) is 11.1. The van der Waals surface area contributed by atoms with Crippen LogP contribution in [0.25, 0.3) is 22.2 Å². The van der Waals surface area contributed by atoms with Crippen molar-refractivity contribution in [1.29, 1.82) is 0 Å². The molecule has 5 rings (SSSR count). The fourth-order valence-corrected chi connectivity index (χ4v) is 5.57. The molecule has 0 amide bonds. The fourth-order valence-electron chi connectivity index (χ4n) is 4.12. The molecule has 1 saturated heterocycles. The van der Waals surface area contributed by atoms with Crippen LogP contribution >= 0.6 is 80.0 Å². The zero-order valence-electron chi connectivity index (χ0n) is 23.3. The third-order valence-electron chi connectivity index (χ3n) is 5.91. The van der Waals surface area contributed by atoms with Gasteiger partial charge in [0, 0.05) is 28.2 Å². The van der Waals surface area contributed by atoms with Crippen molar-refractivity contribution < 1.29 is 4.74 Å². The largest absolute Gasteiger partial charge is 0.476 e. The lowest BCUT2D eigenvalue weighted by molar-refractivity contribution is 0.231. The Morgan fingerprint density at radius 2 is 1.69 bits per heavy atom. The Bertz CT molecular complexity index is 1520. The van der Waals surface area contributed by atoms with E-state index in [2.05, 4.69) is 87.1 Å². The Hall–Kier alpha value is -1.76. The first-order valence-electron chi connectivity index (χ1n) is 13.0. The van der Waals surface area contributed by atoms with Crippen molar-refractivity contribution in [2.24, 2.45) is 0 Å². The van der Waals surface area contributed by atoms with Crippen molar-refractivity contribution in [2.45, 2.75) is 35.5 Å². The van der Waals surface area contributed by atoms with Crippen molar-refractivity contribution in [1.82, 2.24) is 30.0 Å². The van der Waals surface area contributed by atoms with Gasteiger partial charge in [-0.2, -0.15) is 4.98 Å². The molecular formula is C29H30Cl3I2N7O. The molecule has 0 atom stereocenters. The van der Waals surface area contributed by atoms with E-state index < -0.39 is 0 Å². The van der Waals surface area contributed by atoms with E-state index >= 15 is 0 Å². The molecule has 8 nitrogen and oxygen atoms in total. The predicted molar refractivity (Wildman–Crippen MR) is 190 cm³/mol. The number of alkyl halides is 2. The molecule has 1 aliphatic heterocycles. The minimum Gasteiger partial charge on any atom is -0.476 e. The van der Waals surface area contributed by atoms with Gasteiger partial charge in [0.2, 0.25) is 11.8 Å². The van der Waals surface area contributed by atoms with Gasteiger partial charge in [-0.05, 0) is 82.1 Å². The molecule has 2 aromatic heterocycles. The monoisotopic (exact) mass is 851 g/mol. The van der Waals surface area contributed by atoms with Gasteiger partial charge in [0.05, 0.1) is 5.52 Å². The molecule has 222 valence electrons. The van der Waals surface area contributed by atoms with Crippen LogP contribution < -0.4 is 10.5 Å². The Morgan fingerprint density at radius 1 is 1.00 bits per heavy atom.